The summed E-state index contributed by atoms with van der Waals surface area (Å²) < 4.78 is 12.7. The molecule has 3 rings (SSSR count). The van der Waals surface area contributed by atoms with Crippen LogP contribution in [0.5, 0.6) is 0 Å². The Hall–Kier alpha value is -0.535. The lowest BCUT2D eigenvalue weighted by molar-refractivity contribution is 0.00578. The van der Waals surface area contributed by atoms with Gasteiger partial charge in [-0.05, 0) is 74.8 Å². The molecule has 1 saturated heterocycles. The van der Waals surface area contributed by atoms with Gasteiger partial charge in [-0.25, -0.2) is 0 Å². The van der Waals surface area contributed by atoms with Crippen LogP contribution in [0.3, 0.4) is 0 Å². The zero-order valence-corrected chi connectivity index (χ0v) is 16.2. The van der Waals surface area contributed by atoms with Crippen molar-refractivity contribution in [2.75, 3.05) is 0 Å². The van der Waals surface area contributed by atoms with Gasteiger partial charge < -0.3 is 9.31 Å². The van der Waals surface area contributed by atoms with Gasteiger partial charge in [0.15, 0.2) is 0 Å². The number of hydrogen-bond acceptors (Lipinski definition) is 2. The second-order valence-electron chi connectivity index (χ2n) is 10.1. The van der Waals surface area contributed by atoms with E-state index in [2.05, 4.69) is 67.5 Å². The van der Waals surface area contributed by atoms with Gasteiger partial charge in [0, 0.05) is 0 Å². The highest BCUT2D eigenvalue weighted by atomic mass is 16.7. The highest BCUT2D eigenvalue weighted by molar-refractivity contribution is 6.54. The third-order valence-corrected chi connectivity index (χ3v) is 6.53. The van der Waals surface area contributed by atoms with E-state index in [0.29, 0.717) is 11.3 Å². The Morgan fingerprint density at radius 2 is 1.52 bits per heavy atom. The fourth-order valence-electron chi connectivity index (χ4n) is 3.48. The molecule has 2 nitrogen and oxygen atoms in total. The van der Waals surface area contributed by atoms with Crippen LogP contribution in [0.2, 0.25) is 0 Å². The van der Waals surface area contributed by atoms with Gasteiger partial charge in [-0.15, -0.1) is 0 Å². The molecule has 0 aromatic rings. The van der Waals surface area contributed by atoms with Crippen LogP contribution in [-0.2, 0) is 9.31 Å². The molecule has 0 aromatic carbocycles. The Morgan fingerprint density at radius 1 is 1.00 bits per heavy atom. The van der Waals surface area contributed by atoms with E-state index < -0.39 is 0 Å². The monoisotopic (exact) mass is 316 g/mol. The fraction of sp³-hybridized carbons (Fsp3) is 0.800. The van der Waals surface area contributed by atoms with Crippen LogP contribution >= 0.6 is 0 Å². The summed E-state index contributed by atoms with van der Waals surface area (Å²) in [6.45, 7) is 17.9. The zero-order chi connectivity index (χ0) is 17.3. The van der Waals surface area contributed by atoms with Crippen LogP contribution in [0, 0.1) is 16.7 Å². The van der Waals surface area contributed by atoms with E-state index in [9.17, 15) is 0 Å². The molecule has 3 aliphatic rings. The summed E-state index contributed by atoms with van der Waals surface area (Å²) in [5.41, 5.74) is 2.89. The maximum absolute atomic E-state index is 6.33. The van der Waals surface area contributed by atoms with Gasteiger partial charge in [-0.3, -0.25) is 0 Å². The van der Waals surface area contributed by atoms with Gasteiger partial charge in [-0.2, -0.15) is 0 Å². The maximum atomic E-state index is 6.33. The van der Waals surface area contributed by atoms with Gasteiger partial charge in [-0.1, -0.05) is 39.8 Å². The van der Waals surface area contributed by atoms with Crippen molar-refractivity contribution in [1.82, 2.24) is 0 Å². The zero-order valence-electron chi connectivity index (χ0n) is 16.2. The molecule has 1 saturated carbocycles. The highest BCUT2D eigenvalue weighted by Gasteiger charge is 2.54. The van der Waals surface area contributed by atoms with Crippen molar-refractivity contribution in [2.45, 2.75) is 85.9 Å². The summed E-state index contributed by atoms with van der Waals surface area (Å²) >= 11 is 0. The molecule has 23 heavy (non-hydrogen) atoms. The average Bonchev–Trinajstić information content (AvgIpc) is 3.10. The lowest BCUT2D eigenvalue weighted by Crippen LogP contribution is -2.41. The Balaban J connectivity index is 1.90. The standard InChI is InChI=1S/C20H33BO2/c1-17(2,3)14-11-15(20(8)9-10-20)13-16(12-14)21-22-18(4,5)19(6,7)23-21/h11-12,15H,9-10,13H2,1-8H3. The molecule has 0 spiro atoms. The quantitative estimate of drug-likeness (QED) is 0.640. The summed E-state index contributed by atoms with van der Waals surface area (Å²) in [6, 6.07) is 0. The number of rotatable bonds is 2. The predicted octanol–water partition coefficient (Wildman–Crippen LogP) is 5.34. The van der Waals surface area contributed by atoms with Crippen LogP contribution in [0.4, 0.5) is 0 Å². The first kappa shape index (κ1) is 17.3. The van der Waals surface area contributed by atoms with Gasteiger partial charge >= 0.3 is 7.12 Å². The molecule has 1 atom stereocenters. The molecule has 2 fully saturated rings. The van der Waals surface area contributed by atoms with Crippen LogP contribution in [0.15, 0.2) is 23.2 Å². The van der Waals surface area contributed by atoms with Crippen LogP contribution in [0.25, 0.3) is 0 Å². The van der Waals surface area contributed by atoms with Crippen LogP contribution in [0.1, 0.15) is 74.7 Å². The molecule has 2 aliphatic carbocycles. The Bertz CT molecular complexity index is 543. The molecule has 0 amide bonds. The van der Waals surface area contributed by atoms with Crippen LogP contribution < -0.4 is 0 Å². The van der Waals surface area contributed by atoms with Crippen molar-refractivity contribution in [3.8, 4) is 0 Å². The van der Waals surface area contributed by atoms with Crippen molar-refractivity contribution < 1.29 is 9.31 Å². The molecule has 1 heterocycles. The predicted molar refractivity (Wildman–Crippen MR) is 97.2 cm³/mol. The van der Waals surface area contributed by atoms with E-state index in [1.54, 1.807) is 0 Å². The third-order valence-electron chi connectivity index (χ3n) is 6.53. The van der Waals surface area contributed by atoms with Crippen molar-refractivity contribution >= 4 is 7.12 Å². The third kappa shape index (κ3) is 3.07. The van der Waals surface area contributed by atoms with E-state index >= 15 is 0 Å². The molecular weight excluding hydrogens is 283 g/mol. The molecule has 0 bridgehead atoms. The van der Waals surface area contributed by atoms with Crippen molar-refractivity contribution in [2.24, 2.45) is 16.7 Å². The molecule has 0 aromatic heterocycles. The minimum atomic E-state index is -0.263. The maximum Gasteiger partial charge on any atom is 0.490 e. The van der Waals surface area contributed by atoms with Crippen molar-refractivity contribution in [1.29, 1.82) is 0 Å². The molecule has 1 unspecified atom stereocenters. The first-order chi connectivity index (χ1) is 10.3. The second kappa shape index (κ2) is 4.99. The average molecular weight is 316 g/mol. The minimum Gasteiger partial charge on any atom is -0.400 e. The smallest absolute Gasteiger partial charge is 0.400 e. The summed E-state index contributed by atoms with van der Waals surface area (Å²) in [7, 11) is -0.198. The lowest BCUT2D eigenvalue weighted by Gasteiger charge is -2.32. The van der Waals surface area contributed by atoms with Gasteiger partial charge in [0.05, 0.1) is 11.2 Å². The van der Waals surface area contributed by atoms with Crippen molar-refractivity contribution in [3.63, 3.8) is 0 Å². The van der Waals surface area contributed by atoms with E-state index in [1.165, 1.54) is 23.9 Å². The SMILES string of the molecule is CC(C)(C)C1=CC(C2(C)CC2)CC(B2OC(C)(C)C(C)(C)O2)=C1. The topological polar surface area (TPSA) is 18.5 Å². The minimum absolute atomic E-state index is 0.165. The second-order valence-corrected chi connectivity index (χ2v) is 10.1. The summed E-state index contributed by atoms with van der Waals surface area (Å²) in [6.07, 6.45) is 8.66. The normalized spacial score (nSPS) is 31.7. The number of hydrogen-bond donors (Lipinski definition) is 0. The Morgan fingerprint density at radius 3 is 1.96 bits per heavy atom. The molecule has 1 aliphatic heterocycles. The fourth-order valence-corrected chi connectivity index (χ4v) is 3.48. The van der Waals surface area contributed by atoms with E-state index in [1.807, 2.05) is 0 Å². The van der Waals surface area contributed by atoms with E-state index in [0.717, 1.165) is 6.42 Å². The molecule has 0 N–H and O–H groups in total. The largest absolute Gasteiger partial charge is 0.490 e. The summed E-state index contributed by atoms with van der Waals surface area (Å²) in [5, 5.41) is 0. The van der Waals surface area contributed by atoms with Crippen LogP contribution in [-0.4, -0.2) is 18.3 Å². The lowest BCUT2D eigenvalue weighted by atomic mass is 9.65. The van der Waals surface area contributed by atoms with Gasteiger partial charge in [0.1, 0.15) is 0 Å². The number of allylic oxidation sites excluding steroid dienone is 4. The first-order valence-electron chi connectivity index (χ1n) is 9.13. The molecule has 3 heteroatoms. The van der Waals surface area contributed by atoms with E-state index in [4.69, 9.17) is 9.31 Å². The molecule has 0 radical (unpaired) electrons. The molecule has 128 valence electrons. The van der Waals surface area contributed by atoms with Crippen molar-refractivity contribution in [3.05, 3.63) is 23.2 Å². The first-order valence-corrected chi connectivity index (χ1v) is 9.13. The summed E-state index contributed by atoms with van der Waals surface area (Å²) in [5.74, 6) is 0.621. The Labute approximate surface area is 142 Å². The van der Waals surface area contributed by atoms with Gasteiger partial charge in [0.25, 0.3) is 0 Å². The Kier molecular flexibility index (Phi) is 3.75. The van der Waals surface area contributed by atoms with E-state index in [-0.39, 0.29) is 23.7 Å². The van der Waals surface area contributed by atoms with Gasteiger partial charge in [0.2, 0.25) is 0 Å². The highest BCUT2D eigenvalue weighted by Crippen LogP contribution is 2.56. The summed E-state index contributed by atoms with van der Waals surface area (Å²) in [4.78, 5) is 0. The molecular formula is C20H33BO2.